The smallest absolute Gasteiger partial charge is 0.122 e. The predicted molar refractivity (Wildman–Crippen MR) is 62.7 cm³/mol. The Kier molecular flexibility index (Phi) is 4.43. The second kappa shape index (κ2) is 5.38. The number of hydrogen-bond acceptors (Lipinski definition) is 2. The molecular weight excluding hydrogens is 212 g/mol. The summed E-state index contributed by atoms with van der Waals surface area (Å²) in [5.41, 5.74) is 1.05. The van der Waals surface area contributed by atoms with Gasteiger partial charge in [-0.15, -0.1) is 0 Å². The van der Waals surface area contributed by atoms with Crippen molar-refractivity contribution in [3.8, 4) is 5.75 Å². The van der Waals surface area contributed by atoms with Crippen LogP contribution in [0.5, 0.6) is 5.75 Å². The average Bonchev–Trinajstić information content (AvgIpc) is 2.16. The molecule has 0 aliphatic rings. The molecule has 15 heavy (non-hydrogen) atoms. The summed E-state index contributed by atoms with van der Waals surface area (Å²) in [6.45, 7) is 3.84. The van der Waals surface area contributed by atoms with E-state index in [4.69, 9.17) is 16.3 Å². The van der Waals surface area contributed by atoms with E-state index >= 15 is 0 Å². The molecule has 2 atom stereocenters. The number of ether oxygens (including phenoxy) is 1. The molecule has 0 aliphatic heterocycles. The Morgan fingerprint density at radius 1 is 1.40 bits per heavy atom. The lowest BCUT2D eigenvalue weighted by atomic mass is 9.94. The third-order valence-corrected chi connectivity index (χ3v) is 2.65. The molecule has 0 saturated heterocycles. The SMILES string of the molecule is COc1ccc(Cl)cc1C(C)CC(C)O. The molecule has 1 rings (SSSR count). The van der Waals surface area contributed by atoms with Crippen molar-refractivity contribution < 1.29 is 9.84 Å². The summed E-state index contributed by atoms with van der Waals surface area (Å²) < 4.78 is 5.26. The molecule has 0 fully saturated rings. The van der Waals surface area contributed by atoms with Crippen LogP contribution in [0.25, 0.3) is 0 Å². The van der Waals surface area contributed by atoms with Gasteiger partial charge in [0.05, 0.1) is 13.2 Å². The molecule has 0 radical (unpaired) electrons. The Hall–Kier alpha value is -0.730. The van der Waals surface area contributed by atoms with Crippen LogP contribution >= 0.6 is 11.6 Å². The molecule has 0 spiro atoms. The van der Waals surface area contributed by atoms with Gasteiger partial charge in [-0.3, -0.25) is 0 Å². The Morgan fingerprint density at radius 3 is 2.60 bits per heavy atom. The Balaban J connectivity index is 2.94. The minimum absolute atomic E-state index is 0.235. The highest BCUT2D eigenvalue weighted by Gasteiger charge is 2.13. The monoisotopic (exact) mass is 228 g/mol. The Morgan fingerprint density at radius 2 is 2.07 bits per heavy atom. The highest BCUT2D eigenvalue weighted by Crippen LogP contribution is 2.31. The standard InChI is InChI=1S/C12H17ClO2/c1-8(6-9(2)14)11-7-10(13)4-5-12(11)15-3/h4-5,7-9,14H,6H2,1-3H3. The first-order chi connectivity index (χ1) is 7.04. The minimum atomic E-state index is -0.316. The van der Waals surface area contributed by atoms with Gasteiger partial charge in [-0.05, 0) is 43.0 Å². The third kappa shape index (κ3) is 3.40. The maximum Gasteiger partial charge on any atom is 0.122 e. The molecule has 0 heterocycles. The van der Waals surface area contributed by atoms with E-state index in [0.29, 0.717) is 11.4 Å². The molecule has 1 N–H and O–H groups in total. The zero-order chi connectivity index (χ0) is 11.4. The van der Waals surface area contributed by atoms with Gasteiger partial charge in [-0.2, -0.15) is 0 Å². The molecule has 3 heteroatoms. The first-order valence-electron chi connectivity index (χ1n) is 5.06. The van der Waals surface area contributed by atoms with Crippen LogP contribution in [0.2, 0.25) is 5.02 Å². The minimum Gasteiger partial charge on any atom is -0.496 e. The van der Waals surface area contributed by atoms with E-state index in [1.54, 1.807) is 20.1 Å². The number of aliphatic hydroxyl groups is 1. The fraction of sp³-hybridized carbons (Fsp3) is 0.500. The van der Waals surface area contributed by atoms with Crippen molar-refractivity contribution in [1.82, 2.24) is 0 Å². The van der Waals surface area contributed by atoms with Crippen LogP contribution in [0.3, 0.4) is 0 Å². The summed E-state index contributed by atoms with van der Waals surface area (Å²) in [6.07, 6.45) is 0.389. The van der Waals surface area contributed by atoms with Crippen molar-refractivity contribution >= 4 is 11.6 Å². The maximum absolute atomic E-state index is 9.34. The van der Waals surface area contributed by atoms with Gasteiger partial charge in [0.1, 0.15) is 5.75 Å². The first-order valence-corrected chi connectivity index (χ1v) is 5.44. The van der Waals surface area contributed by atoms with Gasteiger partial charge >= 0.3 is 0 Å². The maximum atomic E-state index is 9.34. The number of halogens is 1. The topological polar surface area (TPSA) is 29.5 Å². The summed E-state index contributed by atoms with van der Waals surface area (Å²) in [7, 11) is 1.64. The van der Waals surface area contributed by atoms with E-state index in [1.807, 2.05) is 12.1 Å². The van der Waals surface area contributed by atoms with E-state index in [9.17, 15) is 5.11 Å². The van der Waals surface area contributed by atoms with Crippen molar-refractivity contribution in [1.29, 1.82) is 0 Å². The van der Waals surface area contributed by atoms with Crippen LogP contribution in [0.4, 0.5) is 0 Å². The molecule has 0 aromatic heterocycles. The summed E-state index contributed by atoms with van der Waals surface area (Å²) >= 11 is 5.94. The zero-order valence-corrected chi connectivity index (χ0v) is 10.1. The van der Waals surface area contributed by atoms with Crippen LogP contribution in [0.15, 0.2) is 18.2 Å². The van der Waals surface area contributed by atoms with Crippen molar-refractivity contribution in [2.45, 2.75) is 32.3 Å². The second-order valence-electron chi connectivity index (χ2n) is 3.87. The molecular formula is C12H17ClO2. The van der Waals surface area contributed by atoms with Crippen LogP contribution in [0, 0.1) is 0 Å². The molecule has 1 aromatic carbocycles. The van der Waals surface area contributed by atoms with Crippen molar-refractivity contribution in [3.05, 3.63) is 28.8 Å². The molecule has 0 bridgehead atoms. The largest absolute Gasteiger partial charge is 0.496 e. The molecule has 2 unspecified atom stereocenters. The Bertz CT molecular complexity index is 323. The van der Waals surface area contributed by atoms with Gasteiger partial charge in [0.15, 0.2) is 0 Å². The van der Waals surface area contributed by atoms with Gasteiger partial charge in [0.2, 0.25) is 0 Å². The molecule has 0 saturated carbocycles. The van der Waals surface area contributed by atoms with Gasteiger partial charge in [0.25, 0.3) is 0 Å². The fourth-order valence-electron chi connectivity index (χ4n) is 1.73. The van der Waals surface area contributed by atoms with Crippen molar-refractivity contribution in [3.63, 3.8) is 0 Å². The fourth-order valence-corrected chi connectivity index (χ4v) is 1.91. The number of aliphatic hydroxyl groups excluding tert-OH is 1. The summed E-state index contributed by atoms with van der Waals surface area (Å²) in [5, 5.41) is 10.0. The van der Waals surface area contributed by atoms with E-state index in [1.165, 1.54) is 0 Å². The van der Waals surface area contributed by atoms with Crippen molar-refractivity contribution in [2.24, 2.45) is 0 Å². The van der Waals surface area contributed by atoms with E-state index in [-0.39, 0.29) is 12.0 Å². The number of benzene rings is 1. The van der Waals surface area contributed by atoms with Crippen molar-refractivity contribution in [2.75, 3.05) is 7.11 Å². The highest BCUT2D eigenvalue weighted by atomic mass is 35.5. The molecule has 1 aromatic rings. The lowest BCUT2D eigenvalue weighted by Gasteiger charge is -2.17. The van der Waals surface area contributed by atoms with Gasteiger partial charge in [0, 0.05) is 5.02 Å². The van der Waals surface area contributed by atoms with Gasteiger partial charge in [-0.1, -0.05) is 18.5 Å². The predicted octanol–water partition coefficient (Wildman–Crippen LogP) is 3.22. The third-order valence-electron chi connectivity index (χ3n) is 2.42. The summed E-state index contributed by atoms with van der Waals surface area (Å²) in [6, 6.07) is 5.56. The van der Waals surface area contributed by atoms with Crippen LogP contribution in [-0.4, -0.2) is 18.3 Å². The van der Waals surface area contributed by atoms with E-state index < -0.39 is 0 Å². The molecule has 84 valence electrons. The lowest BCUT2D eigenvalue weighted by molar-refractivity contribution is 0.176. The number of rotatable bonds is 4. The Labute approximate surface area is 95.8 Å². The quantitative estimate of drug-likeness (QED) is 0.858. The number of hydrogen-bond donors (Lipinski definition) is 1. The van der Waals surface area contributed by atoms with E-state index in [2.05, 4.69) is 6.92 Å². The van der Waals surface area contributed by atoms with Gasteiger partial charge in [-0.25, -0.2) is 0 Å². The van der Waals surface area contributed by atoms with Crippen LogP contribution in [-0.2, 0) is 0 Å². The van der Waals surface area contributed by atoms with Crippen LogP contribution < -0.4 is 4.74 Å². The summed E-state index contributed by atoms with van der Waals surface area (Å²) in [4.78, 5) is 0. The molecule has 0 amide bonds. The van der Waals surface area contributed by atoms with Gasteiger partial charge < -0.3 is 9.84 Å². The van der Waals surface area contributed by atoms with E-state index in [0.717, 1.165) is 11.3 Å². The molecule has 0 aliphatic carbocycles. The van der Waals surface area contributed by atoms with Crippen LogP contribution in [0.1, 0.15) is 31.7 Å². The molecule has 2 nitrogen and oxygen atoms in total. The zero-order valence-electron chi connectivity index (χ0n) is 9.33. The lowest BCUT2D eigenvalue weighted by Crippen LogP contribution is -2.07. The first kappa shape index (κ1) is 12.3. The normalized spacial score (nSPS) is 14.7. The number of methoxy groups -OCH3 is 1. The average molecular weight is 229 g/mol. The summed E-state index contributed by atoms with van der Waals surface area (Å²) in [5.74, 6) is 1.06. The second-order valence-corrected chi connectivity index (χ2v) is 4.31. The highest BCUT2D eigenvalue weighted by molar-refractivity contribution is 6.30.